The fourth-order valence-electron chi connectivity index (χ4n) is 1.44. The number of benzene rings is 1. The van der Waals surface area contributed by atoms with E-state index in [0.717, 1.165) is 0 Å². The van der Waals surface area contributed by atoms with Crippen molar-refractivity contribution in [2.24, 2.45) is 0 Å². The van der Waals surface area contributed by atoms with Crippen LogP contribution in [0.25, 0.3) is 10.9 Å². The number of nitrogens with one attached hydrogen (secondary N) is 1. The Kier molecular flexibility index (Phi) is 2.56. The molecule has 0 aliphatic rings. The van der Waals surface area contributed by atoms with Gasteiger partial charge in [0.2, 0.25) is 0 Å². The van der Waals surface area contributed by atoms with E-state index >= 15 is 0 Å². The van der Waals surface area contributed by atoms with Crippen LogP contribution in [0.4, 0.5) is 0 Å². The molecule has 1 N–H and O–H groups in total. The molecule has 0 fully saturated rings. The Morgan fingerprint density at radius 1 is 1.08 bits per heavy atom. The molecule has 3 heteroatoms. The summed E-state index contributed by atoms with van der Waals surface area (Å²) in [6.45, 7) is 0. The first-order valence-electron chi connectivity index (χ1n) is 4.05. The highest BCUT2D eigenvalue weighted by Crippen LogP contribution is 2.34. The van der Waals surface area contributed by atoms with Gasteiger partial charge in [0.05, 0.1) is 5.03 Å². The molecule has 0 saturated carbocycles. The SMILES string of the molecule is CSc1[nH]c2ccccc2c1SC. The third-order valence-electron chi connectivity index (χ3n) is 2.03. The van der Waals surface area contributed by atoms with Crippen LogP contribution in [-0.4, -0.2) is 17.5 Å². The van der Waals surface area contributed by atoms with Crippen molar-refractivity contribution in [2.75, 3.05) is 12.5 Å². The minimum Gasteiger partial charge on any atom is -0.349 e. The lowest BCUT2D eigenvalue weighted by molar-refractivity contribution is 1.15. The lowest BCUT2D eigenvalue weighted by atomic mass is 10.2. The monoisotopic (exact) mass is 209 g/mol. The van der Waals surface area contributed by atoms with E-state index in [1.807, 2.05) is 0 Å². The molecule has 1 heterocycles. The number of thioether (sulfide) groups is 2. The van der Waals surface area contributed by atoms with Crippen molar-refractivity contribution in [1.82, 2.24) is 4.98 Å². The van der Waals surface area contributed by atoms with Crippen LogP contribution in [0, 0.1) is 0 Å². The molecule has 0 aliphatic carbocycles. The first-order valence-corrected chi connectivity index (χ1v) is 6.50. The van der Waals surface area contributed by atoms with Crippen molar-refractivity contribution in [3.05, 3.63) is 24.3 Å². The molecule has 0 unspecified atom stereocenters. The molecule has 2 rings (SSSR count). The zero-order chi connectivity index (χ0) is 9.26. The van der Waals surface area contributed by atoms with Crippen LogP contribution in [0.2, 0.25) is 0 Å². The number of H-pyrrole nitrogens is 1. The molecule has 0 aliphatic heterocycles. The lowest BCUT2D eigenvalue weighted by Gasteiger charge is -1.95. The summed E-state index contributed by atoms with van der Waals surface area (Å²) in [4.78, 5) is 4.77. The molecule has 68 valence electrons. The molecule has 0 atom stereocenters. The topological polar surface area (TPSA) is 15.8 Å². The second-order valence-corrected chi connectivity index (χ2v) is 4.37. The summed E-state index contributed by atoms with van der Waals surface area (Å²) in [5, 5.41) is 2.60. The Balaban J connectivity index is 2.73. The number of hydrogen-bond acceptors (Lipinski definition) is 2. The summed E-state index contributed by atoms with van der Waals surface area (Å²) in [5.41, 5.74) is 1.23. The van der Waals surface area contributed by atoms with E-state index in [4.69, 9.17) is 0 Å². The first-order chi connectivity index (χ1) is 6.36. The van der Waals surface area contributed by atoms with Gasteiger partial charge in [0.15, 0.2) is 0 Å². The molecule has 0 bridgehead atoms. The van der Waals surface area contributed by atoms with Crippen molar-refractivity contribution in [3.63, 3.8) is 0 Å². The lowest BCUT2D eigenvalue weighted by Crippen LogP contribution is -1.69. The fraction of sp³-hybridized carbons (Fsp3) is 0.200. The van der Waals surface area contributed by atoms with Crippen LogP contribution in [0.5, 0.6) is 0 Å². The normalized spacial score (nSPS) is 10.9. The molecule has 13 heavy (non-hydrogen) atoms. The van der Waals surface area contributed by atoms with Gasteiger partial charge in [-0.05, 0) is 18.6 Å². The van der Waals surface area contributed by atoms with Gasteiger partial charge in [-0.3, -0.25) is 0 Å². The number of aromatic amines is 1. The van der Waals surface area contributed by atoms with Crippen molar-refractivity contribution in [3.8, 4) is 0 Å². The summed E-state index contributed by atoms with van der Waals surface area (Å²) in [6.07, 6.45) is 4.22. The molecular weight excluding hydrogens is 198 g/mol. The Morgan fingerprint density at radius 3 is 2.54 bits per heavy atom. The number of para-hydroxylation sites is 1. The standard InChI is InChI=1S/C10H11NS2/c1-12-9-7-5-3-4-6-8(7)11-10(9)13-2/h3-6,11H,1-2H3. The van der Waals surface area contributed by atoms with E-state index in [-0.39, 0.29) is 0 Å². The fourth-order valence-corrected chi connectivity index (χ4v) is 3.08. The van der Waals surface area contributed by atoms with E-state index in [1.54, 1.807) is 23.5 Å². The molecule has 1 aromatic carbocycles. The summed E-state index contributed by atoms with van der Waals surface area (Å²) < 4.78 is 0. The predicted octanol–water partition coefficient (Wildman–Crippen LogP) is 3.61. The van der Waals surface area contributed by atoms with Gasteiger partial charge >= 0.3 is 0 Å². The zero-order valence-corrected chi connectivity index (χ0v) is 9.26. The number of aromatic nitrogens is 1. The smallest absolute Gasteiger partial charge is 0.0868 e. The summed E-state index contributed by atoms with van der Waals surface area (Å²) in [5.74, 6) is 0. The maximum absolute atomic E-state index is 3.41. The Bertz CT molecular complexity index is 420. The maximum atomic E-state index is 3.41. The average Bonchev–Trinajstić information content (AvgIpc) is 2.55. The van der Waals surface area contributed by atoms with Gasteiger partial charge in [-0.2, -0.15) is 0 Å². The second kappa shape index (κ2) is 3.68. The highest BCUT2D eigenvalue weighted by molar-refractivity contribution is 8.01. The van der Waals surface area contributed by atoms with Gasteiger partial charge in [-0.1, -0.05) is 18.2 Å². The molecule has 2 aromatic rings. The number of fused-ring (bicyclic) bond motifs is 1. The Morgan fingerprint density at radius 2 is 1.85 bits per heavy atom. The van der Waals surface area contributed by atoms with Crippen LogP contribution in [0.1, 0.15) is 0 Å². The Labute approximate surface area is 86.3 Å². The van der Waals surface area contributed by atoms with Crippen LogP contribution in [-0.2, 0) is 0 Å². The van der Waals surface area contributed by atoms with Gasteiger partial charge in [-0.15, -0.1) is 23.5 Å². The third-order valence-corrected chi connectivity index (χ3v) is 3.71. The van der Waals surface area contributed by atoms with Crippen molar-refractivity contribution in [2.45, 2.75) is 9.92 Å². The van der Waals surface area contributed by atoms with E-state index in [9.17, 15) is 0 Å². The number of rotatable bonds is 2. The largest absolute Gasteiger partial charge is 0.349 e. The molecule has 0 saturated heterocycles. The van der Waals surface area contributed by atoms with Crippen molar-refractivity contribution >= 4 is 34.4 Å². The molecule has 1 nitrogen and oxygen atoms in total. The van der Waals surface area contributed by atoms with Crippen LogP contribution in [0.3, 0.4) is 0 Å². The van der Waals surface area contributed by atoms with Gasteiger partial charge in [0.25, 0.3) is 0 Å². The molecule has 0 spiro atoms. The first kappa shape index (κ1) is 9.03. The summed E-state index contributed by atoms with van der Waals surface area (Å²) in [7, 11) is 0. The van der Waals surface area contributed by atoms with Crippen molar-refractivity contribution < 1.29 is 0 Å². The molecule has 0 amide bonds. The molecule has 0 radical (unpaired) electrons. The second-order valence-electron chi connectivity index (χ2n) is 2.74. The number of hydrogen-bond donors (Lipinski definition) is 1. The van der Waals surface area contributed by atoms with E-state index in [2.05, 4.69) is 41.8 Å². The van der Waals surface area contributed by atoms with E-state index < -0.39 is 0 Å². The van der Waals surface area contributed by atoms with Crippen molar-refractivity contribution in [1.29, 1.82) is 0 Å². The third kappa shape index (κ3) is 1.46. The predicted molar refractivity (Wildman–Crippen MR) is 61.9 cm³/mol. The van der Waals surface area contributed by atoms with Crippen LogP contribution >= 0.6 is 23.5 Å². The quantitative estimate of drug-likeness (QED) is 0.760. The van der Waals surface area contributed by atoms with Crippen LogP contribution in [0.15, 0.2) is 34.2 Å². The minimum absolute atomic E-state index is 1.23. The highest BCUT2D eigenvalue weighted by Gasteiger charge is 2.07. The van der Waals surface area contributed by atoms with Gasteiger partial charge in [0.1, 0.15) is 0 Å². The molecule has 1 aromatic heterocycles. The highest BCUT2D eigenvalue weighted by atomic mass is 32.2. The van der Waals surface area contributed by atoms with Gasteiger partial charge < -0.3 is 4.98 Å². The zero-order valence-electron chi connectivity index (χ0n) is 7.63. The summed E-state index contributed by atoms with van der Waals surface area (Å²) in [6, 6.07) is 8.43. The van der Waals surface area contributed by atoms with E-state index in [1.165, 1.54) is 20.8 Å². The average molecular weight is 209 g/mol. The maximum Gasteiger partial charge on any atom is 0.0868 e. The molecular formula is C10H11NS2. The van der Waals surface area contributed by atoms with Gasteiger partial charge in [-0.25, -0.2) is 0 Å². The summed E-state index contributed by atoms with van der Waals surface area (Å²) >= 11 is 3.57. The van der Waals surface area contributed by atoms with Gasteiger partial charge in [0, 0.05) is 15.8 Å². The minimum atomic E-state index is 1.23. The van der Waals surface area contributed by atoms with Crippen LogP contribution < -0.4 is 0 Å². The Hall–Kier alpha value is -0.540. The van der Waals surface area contributed by atoms with E-state index in [0.29, 0.717) is 0 Å².